The summed E-state index contributed by atoms with van der Waals surface area (Å²) in [5, 5.41) is 0. The first-order valence-corrected chi connectivity index (χ1v) is 8.75. The van der Waals surface area contributed by atoms with Crippen molar-refractivity contribution in [2.24, 2.45) is 0 Å². The molecule has 1 aliphatic rings. The highest BCUT2D eigenvalue weighted by Gasteiger charge is 2.28. The SMILES string of the molecule is CCC(=O)N(CC1c2ccccc2CCN1C)c1ccc(C)cc1.Cl. The average molecular weight is 359 g/mol. The van der Waals surface area contributed by atoms with Crippen LogP contribution in [-0.2, 0) is 11.2 Å². The lowest BCUT2D eigenvalue weighted by Crippen LogP contribution is -2.42. The Kier molecular flexibility index (Phi) is 6.63. The highest BCUT2D eigenvalue weighted by atomic mass is 35.5. The molecule has 0 saturated carbocycles. The van der Waals surface area contributed by atoms with Crippen molar-refractivity contribution < 1.29 is 4.79 Å². The Hall–Kier alpha value is -1.84. The van der Waals surface area contributed by atoms with Gasteiger partial charge in [0.1, 0.15) is 0 Å². The summed E-state index contributed by atoms with van der Waals surface area (Å²) >= 11 is 0. The Morgan fingerprint density at radius 1 is 1.16 bits per heavy atom. The molecule has 0 saturated heterocycles. The number of anilines is 1. The maximum Gasteiger partial charge on any atom is 0.226 e. The van der Waals surface area contributed by atoms with E-state index in [9.17, 15) is 4.79 Å². The monoisotopic (exact) mass is 358 g/mol. The van der Waals surface area contributed by atoms with Crippen LogP contribution in [0.5, 0.6) is 0 Å². The number of halogens is 1. The van der Waals surface area contributed by atoms with Crippen LogP contribution in [0.3, 0.4) is 0 Å². The van der Waals surface area contributed by atoms with Crippen LogP contribution in [0, 0.1) is 6.92 Å². The molecular weight excluding hydrogens is 332 g/mol. The second-order valence-electron chi connectivity index (χ2n) is 6.64. The molecule has 1 atom stereocenters. The van der Waals surface area contributed by atoms with E-state index in [0.717, 1.165) is 18.7 Å². The smallest absolute Gasteiger partial charge is 0.226 e. The van der Waals surface area contributed by atoms with Crippen molar-refractivity contribution in [1.29, 1.82) is 0 Å². The van der Waals surface area contributed by atoms with Gasteiger partial charge in [0.25, 0.3) is 0 Å². The van der Waals surface area contributed by atoms with Crippen molar-refractivity contribution in [2.45, 2.75) is 32.7 Å². The second kappa shape index (κ2) is 8.50. The molecule has 1 unspecified atom stereocenters. The molecule has 0 aliphatic carbocycles. The summed E-state index contributed by atoms with van der Waals surface area (Å²) in [5.41, 5.74) is 4.97. The van der Waals surface area contributed by atoms with E-state index in [2.05, 4.69) is 67.4 Å². The minimum atomic E-state index is 0. The van der Waals surface area contributed by atoms with E-state index in [4.69, 9.17) is 0 Å². The third kappa shape index (κ3) is 4.23. The number of likely N-dealkylation sites (N-methyl/N-ethyl adjacent to an activating group) is 1. The molecule has 0 fully saturated rings. The van der Waals surface area contributed by atoms with E-state index < -0.39 is 0 Å². The second-order valence-corrected chi connectivity index (χ2v) is 6.64. The molecule has 3 nitrogen and oxygen atoms in total. The van der Waals surface area contributed by atoms with Crippen molar-refractivity contribution in [3.63, 3.8) is 0 Å². The van der Waals surface area contributed by atoms with Crippen LogP contribution < -0.4 is 4.90 Å². The number of amides is 1. The molecule has 1 heterocycles. The van der Waals surface area contributed by atoms with E-state index in [-0.39, 0.29) is 24.4 Å². The Morgan fingerprint density at radius 2 is 1.84 bits per heavy atom. The van der Waals surface area contributed by atoms with Gasteiger partial charge in [0, 0.05) is 25.2 Å². The Labute approximate surface area is 157 Å². The third-order valence-electron chi connectivity index (χ3n) is 4.98. The Morgan fingerprint density at radius 3 is 2.52 bits per heavy atom. The lowest BCUT2D eigenvalue weighted by atomic mass is 9.92. The third-order valence-corrected chi connectivity index (χ3v) is 4.98. The standard InChI is InChI=1S/C21H26N2O.ClH/c1-4-21(24)23(18-11-9-16(2)10-12-18)15-20-19-8-6-5-7-17(19)13-14-22(20)3;/h5-12,20H,4,13-15H2,1-3H3;1H. The fourth-order valence-electron chi connectivity index (χ4n) is 3.45. The summed E-state index contributed by atoms with van der Waals surface area (Å²) < 4.78 is 0. The van der Waals surface area contributed by atoms with Crippen LogP contribution in [0.2, 0.25) is 0 Å². The van der Waals surface area contributed by atoms with Gasteiger partial charge in [0.2, 0.25) is 5.91 Å². The van der Waals surface area contributed by atoms with Gasteiger partial charge in [0.05, 0.1) is 6.04 Å². The summed E-state index contributed by atoms with van der Waals surface area (Å²) in [6, 6.07) is 17.1. The molecule has 0 spiro atoms. The van der Waals surface area contributed by atoms with Gasteiger partial charge in [-0.1, -0.05) is 48.9 Å². The number of benzene rings is 2. The summed E-state index contributed by atoms with van der Waals surface area (Å²) in [7, 11) is 2.16. The van der Waals surface area contributed by atoms with Crippen molar-refractivity contribution >= 4 is 24.0 Å². The predicted molar refractivity (Wildman–Crippen MR) is 107 cm³/mol. The van der Waals surface area contributed by atoms with Crippen molar-refractivity contribution in [1.82, 2.24) is 4.90 Å². The van der Waals surface area contributed by atoms with Gasteiger partial charge >= 0.3 is 0 Å². The molecule has 4 heteroatoms. The zero-order chi connectivity index (χ0) is 17.1. The minimum Gasteiger partial charge on any atom is -0.311 e. The molecule has 1 amide bonds. The number of aryl methyl sites for hydroxylation is 1. The number of carbonyl (C=O) groups excluding carboxylic acids is 1. The van der Waals surface area contributed by atoms with Gasteiger partial charge in [-0.05, 0) is 43.7 Å². The van der Waals surface area contributed by atoms with Gasteiger partial charge in [-0.15, -0.1) is 12.4 Å². The maximum atomic E-state index is 12.6. The first-order chi connectivity index (χ1) is 11.6. The van der Waals surface area contributed by atoms with Gasteiger partial charge in [-0.25, -0.2) is 0 Å². The first kappa shape index (κ1) is 19.5. The van der Waals surface area contributed by atoms with Crippen LogP contribution in [0.25, 0.3) is 0 Å². The number of hydrogen-bond acceptors (Lipinski definition) is 2. The molecule has 1 aliphatic heterocycles. The van der Waals surface area contributed by atoms with E-state index in [1.165, 1.54) is 16.7 Å². The fourth-order valence-corrected chi connectivity index (χ4v) is 3.45. The van der Waals surface area contributed by atoms with Crippen LogP contribution in [0.1, 0.15) is 36.1 Å². The summed E-state index contributed by atoms with van der Waals surface area (Å²) in [6.45, 7) is 5.73. The van der Waals surface area contributed by atoms with Crippen molar-refractivity contribution in [2.75, 3.05) is 25.0 Å². The molecule has 0 bridgehead atoms. The average Bonchev–Trinajstić information content (AvgIpc) is 2.61. The lowest BCUT2D eigenvalue weighted by molar-refractivity contribution is -0.118. The minimum absolute atomic E-state index is 0. The quantitative estimate of drug-likeness (QED) is 0.809. The predicted octanol–water partition coefficient (Wildman–Crippen LogP) is 4.39. The van der Waals surface area contributed by atoms with Gasteiger partial charge in [-0.2, -0.15) is 0 Å². The van der Waals surface area contributed by atoms with Crippen LogP contribution in [0.15, 0.2) is 48.5 Å². The summed E-state index contributed by atoms with van der Waals surface area (Å²) in [6.07, 6.45) is 1.60. The zero-order valence-corrected chi connectivity index (χ0v) is 16.1. The molecule has 0 radical (unpaired) electrons. The van der Waals surface area contributed by atoms with Gasteiger partial charge in [0.15, 0.2) is 0 Å². The van der Waals surface area contributed by atoms with Gasteiger partial charge in [-0.3, -0.25) is 9.69 Å². The van der Waals surface area contributed by atoms with Crippen LogP contribution in [-0.4, -0.2) is 30.9 Å². The molecule has 2 aromatic carbocycles. The van der Waals surface area contributed by atoms with Crippen molar-refractivity contribution in [3.8, 4) is 0 Å². The molecule has 3 rings (SSSR count). The molecule has 134 valence electrons. The van der Waals surface area contributed by atoms with Crippen molar-refractivity contribution in [3.05, 3.63) is 65.2 Å². The Bertz CT molecular complexity index is 714. The molecule has 0 aromatic heterocycles. The summed E-state index contributed by atoms with van der Waals surface area (Å²) in [5.74, 6) is 0.176. The fraction of sp³-hybridized carbons (Fsp3) is 0.381. The Balaban J connectivity index is 0.00000225. The number of carbonyl (C=O) groups is 1. The highest BCUT2D eigenvalue weighted by Crippen LogP contribution is 2.31. The number of rotatable bonds is 4. The van der Waals surface area contributed by atoms with E-state index in [1.807, 2.05) is 11.8 Å². The van der Waals surface area contributed by atoms with E-state index in [1.54, 1.807) is 0 Å². The summed E-state index contributed by atoms with van der Waals surface area (Å²) in [4.78, 5) is 16.9. The molecule has 0 N–H and O–H groups in total. The first-order valence-electron chi connectivity index (χ1n) is 8.75. The zero-order valence-electron chi connectivity index (χ0n) is 15.2. The largest absolute Gasteiger partial charge is 0.311 e. The van der Waals surface area contributed by atoms with Gasteiger partial charge < -0.3 is 4.90 Å². The maximum absolute atomic E-state index is 12.6. The molecule has 2 aromatic rings. The van der Waals surface area contributed by atoms with Crippen LogP contribution >= 0.6 is 12.4 Å². The lowest BCUT2D eigenvalue weighted by Gasteiger charge is -2.38. The van der Waals surface area contributed by atoms with E-state index in [0.29, 0.717) is 13.0 Å². The number of hydrogen-bond donors (Lipinski definition) is 0. The van der Waals surface area contributed by atoms with E-state index >= 15 is 0 Å². The molecule has 25 heavy (non-hydrogen) atoms. The number of nitrogens with zero attached hydrogens (tertiary/aromatic N) is 2. The number of fused-ring (bicyclic) bond motifs is 1. The molecular formula is C21H27ClN2O. The highest BCUT2D eigenvalue weighted by molar-refractivity contribution is 5.93. The normalized spacial score (nSPS) is 16.7. The van der Waals surface area contributed by atoms with Crippen LogP contribution in [0.4, 0.5) is 5.69 Å². The topological polar surface area (TPSA) is 23.6 Å².